The molecule has 124 valence electrons. The molecule has 0 heterocycles. The lowest BCUT2D eigenvalue weighted by molar-refractivity contribution is 0.782. The van der Waals surface area contributed by atoms with Gasteiger partial charge in [0.15, 0.2) is 0 Å². The molecule has 0 aromatic heterocycles. The molecule has 0 aliphatic heterocycles. The number of hydrogen-bond donors (Lipinski definition) is 0. The first-order valence-electron chi connectivity index (χ1n) is 7.96. The van der Waals surface area contributed by atoms with Gasteiger partial charge in [-0.3, -0.25) is 0 Å². The molecular formula is C21H19Cl3. The molecule has 3 heteroatoms. The Kier molecular flexibility index (Phi) is 5.11. The fourth-order valence-corrected chi connectivity index (χ4v) is 3.96. The van der Waals surface area contributed by atoms with Crippen molar-refractivity contribution in [3.05, 3.63) is 79.8 Å². The second-order valence-electron chi connectivity index (χ2n) is 6.41. The van der Waals surface area contributed by atoms with Gasteiger partial charge in [0.1, 0.15) is 0 Å². The van der Waals surface area contributed by atoms with E-state index >= 15 is 0 Å². The first-order chi connectivity index (χ1) is 11.4. The van der Waals surface area contributed by atoms with Crippen LogP contribution in [-0.4, -0.2) is 0 Å². The summed E-state index contributed by atoms with van der Waals surface area (Å²) in [5.41, 5.74) is 7.22. The molecule has 0 nitrogen and oxygen atoms in total. The minimum atomic E-state index is 0.263. The number of rotatable bonds is 2. The zero-order chi connectivity index (χ0) is 17.4. The van der Waals surface area contributed by atoms with Gasteiger partial charge < -0.3 is 0 Å². The van der Waals surface area contributed by atoms with Crippen molar-refractivity contribution in [2.75, 3.05) is 0 Å². The van der Waals surface area contributed by atoms with Crippen LogP contribution in [0.25, 0.3) is 11.1 Å². The molecule has 0 N–H and O–H groups in total. The highest BCUT2D eigenvalue weighted by molar-refractivity contribution is 6.31. The van der Waals surface area contributed by atoms with Crippen LogP contribution >= 0.6 is 34.8 Å². The summed E-state index contributed by atoms with van der Waals surface area (Å²) in [6.45, 7) is 6.40. The maximum absolute atomic E-state index is 6.47. The number of benzene rings is 2. The molecule has 0 saturated carbocycles. The van der Waals surface area contributed by atoms with Gasteiger partial charge in [0.2, 0.25) is 0 Å². The number of hydrogen-bond acceptors (Lipinski definition) is 0. The smallest absolute Gasteiger partial charge is 0.0415 e. The third-order valence-electron chi connectivity index (χ3n) is 4.75. The molecule has 1 aliphatic carbocycles. The van der Waals surface area contributed by atoms with Gasteiger partial charge in [-0.15, -0.1) is 0 Å². The molecule has 0 bridgehead atoms. The van der Waals surface area contributed by atoms with Crippen molar-refractivity contribution in [3.8, 4) is 11.1 Å². The zero-order valence-electron chi connectivity index (χ0n) is 14.0. The quantitative estimate of drug-likeness (QED) is 0.500. The average Bonchev–Trinajstić information content (AvgIpc) is 2.54. The Hall–Kier alpha value is -1.21. The Bertz CT molecular complexity index is 860. The van der Waals surface area contributed by atoms with Crippen molar-refractivity contribution in [2.24, 2.45) is 0 Å². The van der Waals surface area contributed by atoms with E-state index in [0.717, 1.165) is 32.6 Å². The van der Waals surface area contributed by atoms with Crippen molar-refractivity contribution in [3.63, 3.8) is 0 Å². The molecule has 3 rings (SSSR count). The van der Waals surface area contributed by atoms with Gasteiger partial charge >= 0.3 is 0 Å². The predicted molar refractivity (Wildman–Crippen MR) is 106 cm³/mol. The van der Waals surface area contributed by atoms with Gasteiger partial charge in [-0.2, -0.15) is 0 Å². The average molecular weight is 378 g/mol. The van der Waals surface area contributed by atoms with E-state index in [4.69, 9.17) is 34.8 Å². The minimum absolute atomic E-state index is 0.263. The fourth-order valence-electron chi connectivity index (χ4n) is 3.34. The molecular weight excluding hydrogens is 359 g/mol. The summed E-state index contributed by atoms with van der Waals surface area (Å²) in [5, 5.41) is 2.35. The molecule has 1 aliphatic rings. The predicted octanol–water partition coefficient (Wildman–Crippen LogP) is 7.83. The second kappa shape index (κ2) is 6.96. The minimum Gasteiger partial charge on any atom is -0.0891 e. The van der Waals surface area contributed by atoms with Gasteiger partial charge in [-0.25, -0.2) is 0 Å². The molecule has 1 unspecified atom stereocenters. The Labute approximate surface area is 158 Å². The van der Waals surface area contributed by atoms with Crippen LogP contribution in [-0.2, 0) is 0 Å². The van der Waals surface area contributed by atoms with E-state index in [0.29, 0.717) is 0 Å². The monoisotopic (exact) mass is 376 g/mol. The zero-order valence-corrected chi connectivity index (χ0v) is 16.2. The number of allylic oxidation sites excluding steroid dienone is 4. The van der Waals surface area contributed by atoms with E-state index in [2.05, 4.69) is 32.9 Å². The molecule has 1 atom stereocenters. The lowest BCUT2D eigenvalue weighted by atomic mass is 9.81. The van der Waals surface area contributed by atoms with E-state index in [-0.39, 0.29) is 5.92 Å². The lowest BCUT2D eigenvalue weighted by Crippen LogP contribution is -2.07. The maximum atomic E-state index is 6.47. The van der Waals surface area contributed by atoms with Crippen molar-refractivity contribution < 1.29 is 0 Å². The Balaban J connectivity index is 2.18. The topological polar surface area (TPSA) is 0 Å². The van der Waals surface area contributed by atoms with Crippen LogP contribution in [0.4, 0.5) is 0 Å². The van der Waals surface area contributed by atoms with Gasteiger partial charge in [0, 0.05) is 21.0 Å². The van der Waals surface area contributed by atoms with Crippen LogP contribution in [0.2, 0.25) is 10.0 Å². The second-order valence-corrected chi connectivity index (χ2v) is 7.77. The van der Waals surface area contributed by atoms with E-state index in [1.165, 1.54) is 22.3 Å². The first kappa shape index (κ1) is 17.6. The SMILES string of the molecule is CC1=CC=C(Cl)CC1c1cc(Cl)cc(-c2cc(Cl)ccc2C)c1C. The molecule has 0 amide bonds. The Morgan fingerprint density at radius 3 is 2.29 bits per heavy atom. The molecule has 24 heavy (non-hydrogen) atoms. The van der Waals surface area contributed by atoms with E-state index in [1.807, 2.05) is 30.3 Å². The summed E-state index contributed by atoms with van der Waals surface area (Å²) in [4.78, 5) is 0. The van der Waals surface area contributed by atoms with Crippen LogP contribution < -0.4 is 0 Å². The van der Waals surface area contributed by atoms with Crippen molar-refractivity contribution in [2.45, 2.75) is 33.1 Å². The van der Waals surface area contributed by atoms with E-state index in [9.17, 15) is 0 Å². The molecule has 2 aromatic rings. The molecule has 2 aromatic carbocycles. The van der Waals surface area contributed by atoms with Gasteiger partial charge in [0.25, 0.3) is 0 Å². The van der Waals surface area contributed by atoms with Crippen LogP contribution in [0.5, 0.6) is 0 Å². The highest BCUT2D eigenvalue weighted by atomic mass is 35.5. The third kappa shape index (κ3) is 3.42. The van der Waals surface area contributed by atoms with Crippen LogP contribution in [0, 0.1) is 13.8 Å². The van der Waals surface area contributed by atoms with Gasteiger partial charge in [-0.05, 0) is 85.4 Å². The Morgan fingerprint density at radius 1 is 0.833 bits per heavy atom. The summed E-state index contributed by atoms with van der Waals surface area (Å²) in [6.07, 6.45) is 4.90. The molecule has 0 fully saturated rings. The number of aryl methyl sites for hydroxylation is 1. The summed E-state index contributed by atoms with van der Waals surface area (Å²) >= 11 is 19.0. The summed E-state index contributed by atoms with van der Waals surface area (Å²) < 4.78 is 0. The van der Waals surface area contributed by atoms with E-state index in [1.54, 1.807) is 0 Å². The van der Waals surface area contributed by atoms with Crippen molar-refractivity contribution >= 4 is 34.8 Å². The third-order valence-corrected chi connectivity index (χ3v) is 5.49. The largest absolute Gasteiger partial charge is 0.0891 e. The van der Waals surface area contributed by atoms with Crippen LogP contribution in [0.1, 0.15) is 36.0 Å². The van der Waals surface area contributed by atoms with Crippen molar-refractivity contribution in [1.82, 2.24) is 0 Å². The van der Waals surface area contributed by atoms with E-state index < -0.39 is 0 Å². The lowest BCUT2D eigenvalue weighted by Gasteiger charge is -2.25. The van der Waals surface area contributed by atoms with Gasteiger partial charge in [-0.1, -0.05) is 52.5 Å². The fraction of sp³-hybridized carbons (Fsp3) is 0.238. The molecule has 0 saturated heterocycles. The summed E-state index contributed by atoms with van der Waals surface area (Å²) in [6, 6.07) is 10.1. The van der Waals surface area contributed by atoms with Crippen molar-refractivity contribution in [1.29, 1.82) is 0 Å². The normalized spacial score (nSPS) is 17.5. The highest BCUT2D eigenvalue weighted by Crippen LogP contribution is 2.41. The molecule has 0 radical (unpaired) electrons. The Morgan fingerprint density at radius 2 is 1.54 bits per heavy atom. The van der Waals surface area contributed by atoms with Crippen LogP contribution in [0.15, 0.2) is 53.1 Å². The highest BCUT2D eigenvalue weighted by Gasteiger charge is 2.22. The number of halogens is 3. The summed E-state index contributed by atoms with van der Waals surface area (Å²) in [7, 11) is 0. The summed E-state index contributed by atoms with van der Waals surface area (Å²) in [5.74, 6) is 0.263. The first-order valence-corrected chi connectivity index (χ1v) is 9.09. The maximum Gasteiger partial charge on any atom is 0.0415 e. The standard InChI is InChI=1S/C21H19Cl3/c1-12-4-6-15(22)8-18(12)20-10-17(24)11-21(14(20)3)19-9-16(23)7-5-13(19)2/h4-8,10-11,19H,9H2,1-3H3. The van der Waals surface area contributed by atoms with Crippen LogP contribution in [0.3, 0.4) is 0 Å². The molecule has 0 spiro atoms. The van der Waals surface area contributed by atoms with Gasteiger partial charge in [0.05, 0.1) is 0 Å².